The molecule has 0 spiro atoms. The van der Waals surface area contributed by atoms with Gasteiger partial charge in [0, 0.05) is 11.1 Å². The predicted octanol–water partition coefficient (Wildman–Crippen LogP) is 3.75. The van der Waals surface area contributed by atoms with E-state index >= 15 is 0 Å². The molecule has 0 atom stereocenters. The fraction of sp³-hybridized carbons (Fsp3) is 0.250. The average Bonchev–Trinajstić information content (AvgIpc) is 3.58. The molecule has 0 saturated carbocycles. The molecule has 0 bridgehead atoms. The topological polar surface area (TPSA) is 136 Å². The normalized spacial score (nSPS) is 14.4. The smallest absolute Gasteiger partial charge is 0.433 e. The Hall–Kier alpha value is -4.40. The van der Waals surface area contributed by atoms with Gasteiger partial charge in [0.2, 0.25) is 28.6 Å². The summed E-state index contributed by atoms with van der Waals surface area (Å²) in [7, 11) is -4.54. The molecule has 2 aromatic carbocycles. The summed E-state index contributed by atoms with van der Waals surface area (Å²) in [6.07, 6.45) is -5.67. The second-order valence-corrected chi connectivity index (χ2v) is 10.3. The highest BCUT2D eigenvalue weighted by molar-refractivity contribution is 7.91. The molecule has 0 aliphatic carbocycles. The third-order valence-electron chi connectivity index (χ3n) is 5.59. The van der Waals surface area contributed by atoms with Crippen LogP contribution < -0.4 is 18.9 Å². The van der Waals surface area contributed by atoms with Crippen LogP contribution in [-0.2, 0) is 25.6 Å². The van der Waals surface area contributed by atoms with Crippen molar-refractivity contribution in [2.75, 3.05) is 19.3 Å². The van der Waals surface area contributed by atoms with E-state index in [1.54, 1.807) is 25.1 Å². The Morgan fingerprint density at radius 3 is 2.28 bits per heavy atom. The number of aromatic nitrogens is 2. The SMILES string of the molecule is CC(=NOC(=O)CCS(=O)(=O)c1nc(-c2ccc3c(c2)OCO3)cc(C(F)(F)F)n1)c1ccc2c(c1)OCO2. The van der Waals surface area contributed by atoms with Crippen LogP contribution in [0.15, 0.2) is 52.8 Å². The van der Waals surface area contributed by atoms with Gasteiger partial charge in [0.25, 0.3) is 0 Å². The molecule has 0 unspecified atom stereocenters. The summed E-state index contributed by atoms with van der Waals surface area (Å²) >= 11 is 0. The number of ether oxygens (including phenoxy) is 4. The summed E-state index contributed by atoms with van der Waals surface area (Å²) in [6.45, 7) is 1.56. The molecule has 2 aliphatic heterocycles. The van der Waals surface area contributed by atoms with Gasteiger partial charge < -0.3 is 23.8 Å². The maximum Gasteiger partial charge on any atom is 0.433 e. The van der Waals surface area contributed by atoms with Crippen molar-refractivity contribution in [2.45, 2.75) is 24.7 Å². The molecule has 3 aromatic rings. The lowest BCUT2D eigenvalue weighted by Crippen LogP contribution is -2.18. The molecule has 3 heterocycles. The zero-order valence-corrected chi connectivity index (χ0v) is 20.8. The van der Waals surface area contributed by atoms with Crippen LogP contribution in [0.3, 0.4) is 0 Å². The molecule has 0 amide bonds. The van der Waals surface area contributed by atoms with Gasteiger partial charge in [0.1, 0.15) is 5.69 Å². The lowest BCUT2D eigenvalue weighted by molar-refractivity contribution is -0.143. The fourth-order valence-electron chi connectivity index (χ4n) is 3.56. The van der Waals surface area contributed by atoms with Crippen molar-refractivity contribution in [2.24, 2.45) is 5.16 Å². The summed E-state index contributed by atoms with van der Waals surface area (Å²) in [5, 5.41) is 2.61. The first kappa shape index (κ1) is 26.2. The molecule has 2 aliphatic rings. The number of rotatable bonds is 7. The Morgan fingerprint density at radius 2 is 1.59 bits per heavy atom. The fourth-order valence-corrected chi connectivity index (χ4v) is 4.65. The number of nitrogens with zero attached hydrogens (tertiary/aromatic N) is 3. The number of oxime groups is 1. The minimum atomic E-state index is -4.96. The van der Waals surface area contributed by atoms with E-state index in [0.29, 0.717) is 34.6 Å². The molecule has 0 radical (unpaired) electrons. The molecule has 5 rings (SSSR count). The number of carbonyl (C=O) groups is 1. The Labute approximate surface area is 219 Å². The van der Waals surface area contributed by atoms with Crippen molar-refractivity contribution < 1.29 is 50.2 Å². The van der Waals surface area contributed by atoms with Gasteiger partial charge in [-0.05, 0) is 49.4 Å². The molecule has 204 valence electrons. The molecule has 0 N–H and O–H groups in total. The Balaban J connectivity index is 1.31. The zero-order chi connectivity index (χ0) is 27.8. The number of alkyl halides is 3. The number of hydrogen-bond donors (Lipinski definition) is 0. The van der Waals surface area contributed by atoms with Crippen molar-refractivity contribution >= 4 is 21.5 Å². The Morgan fingerprint density at radius 1 is 0.949 bits per heavy atom. The van der Waals surface area contributed by atoms with Crippen LogP contribution >= 0.6 is 0 Å². The van der Waals surface area contributed by atoms with Crippen LogP contribution in [-0.4, -0.2) is 49.4 Å². The third kappa shape index (κ3) is 5.72. The number of carbonyl (C=O) groups excluding carboxylic acids is 1. The molecule has 0 fully saturated rings. The molecular weight excluding hydrogens is 547 g/mol. The Bertz CT molecular complexity index is 1590. The summed E-state index contributed by atoms with van der Waals surface area (Å²) in [5.74, 6) is -0.253. The first-order chi connectivity index (χ1) is 18.5. The first-order valence-electron chi connectivity index (χ1n) is 11.2. The van der Waals surface area contributed by atoms with E-state index < -0.39 is 45.0 Å². The maximum absolute atomic E-state index is 13.5. The van der Waals surface area contributed by atoms with Gasteiger partial charge in [-0.2, -0.15) is 13.2 Å². The van der Waals surface area contributed by atoms with Gasteiger partial charge in [-0.15, -0.1) is 0 Å². The molecule has 39 heavy (non-hydrogen) atoms. The summed E-state index contributed by atoms with van der Waals surface area (Å²) in [5.41, 5.74) is -0.764. The van der Waals surface area contributed by atoms with Crippen molar-refractivity contribution in [3.63, 3.8) is 0 Å². The number of halogens is 3. The largest absolute Gasteiger partial charge is 0.454 e. The van der Waals surface area contributed by atoms with Gasteiger partial charge in [-0.25, -0.2) is 23.2 Å². The van der Waals surface area contributed by atoms with Crippen molar-refractivity contribution in [1.82, 2.24) is 9.97 Å². The van der Waals surface area contributed by atoms with Gasteiger partial charge in [0.15, 0.2) is 23.0 Å². The minimum Gasteiger partial charge on any atom is -0.454 e. The highest BCUT2D eigenvalue weighted by atomic mass is 32.2. The van der Waals surface area contributed by atoms with Crippen molar-refractivity contribution in [1.29, 1.82) is 0 Å². The molecular formula is C24H18F3N3O8S. The van der Waals surface area contributed by atoms with E-state index in [2.05, 4.69) is 15.1 Å². The zero-order valence-electron chi connectivity index (χ0n) is 20.0. The number of benzene rings is 2. The summed E-state index contributed by atoms with van der Waals surface area (Å²) in [4.78, 5) is 24.0. The number of hydrogen-bond acceptors (Lipinski definition) is 11. The highest BCUT2D eigenvalue weighted by Gasteiger charge is 2.36. The first-order valence-corrected chi connectivity index (χ1v) is 12.9. The number of fused-ring (bicyclic) bond motifs is 2. The van der Waals surface area contributed by atoms with Gasteiger partial charge in [-0.3, -0.25) is 0 Å². The van der Waals surface area contributed by atoms with Crippen molar-refractivity contribution in [3.8, 4) is 34.3 Å². The lowest BCUT2D eigenvalue weighted by Gasteiger charge is -2.11. The van der Waals surface area contributed by atoms with Crippen LogP contribution in [0.2, 0.25) is 0 Å². The second-order valence-electron chi connectivity index (χ2n) is 8.26. The van der Waals surface area contributed by atoms with Crippen LogP contribution in [0.5, 0.6) is 23.0 Å². The standard InChI is InChI=1S/C24H18F3N3O8S/c1-13(14-2-4-17-19(8-14)36-11-34-17)30-38-22(31)6-7-39(32,33)23-28-16(10-21(29-23)24(25,26)27)15-3-5-18-20(9-15)37-12-35-18/h2-5,8-10H,6-7,11-12H2,1H3. The van der Waals surface area contributed by atoms with Crippen LogP contribution in [0.25, 0.3) is 11.3 Å². The van der Waals surface area contributed by atoms with E-state index in [0.717, 1.165) is 0 Å². The molecule has 0 saturated heterocycles. The molecule has 11 nitrogen and oxygen atoms in total. The van der Waals surface area contributed by atoms with Crippen molar-refractivity contribution in [3.05, 3.63) is 53.7 Å². The Kier molecular flexibility index (Phi) is 6.76. The maximum atomic E-state index is 13.5. The summed E-state index contributed by atoms with van der Waals surface area (Å²) in [6, 6.07) is 9.80. The number of sulfone groups is 1. The molecule has 1 aromatic heterocycles. The van der Waals surface area contributed by atoms with E-state index in [1.165, 1.54) is 18.2 Å². The highest BCUT2D eigenvalue weighted by Crippen LogP contribution is 2.37. The summed E-state index contributed by atoms with van der Waals surface area (Å²) < 4.78 is 87.2. The molecule has 15 heteroatoms. The van der Waals surface area contributed by atoms with Gasteiger partial charge in [0.05, 0.1) is 23.6 Å². The van der Waals surface area contributed by atoms with Gasteiger partial charge >= 0.3 is 12.1 Å². The van der Waals surface area contributed by atoms with Gasteiger partial charge in [-0.1, -0.05) is 5.16 Å². The average molecular weight is 565 g/mol. The van der Waals surface area contributed by atoms with E-state index in [1.807, 2.05) is 0 Å². The van der Waals surface area contributed by atoms with Crippen LogP contribution in [0.4, 0.5) is 13.2 Å². The minimum absolute atomic E-state index is 0.0631. The quantitative estimate of drug-likeness (QED) is 0.180. The monoisotopic (exact) mass is 565 g/mol. The van der Waals surface area contributed by atoms with E-state index in [4.69, 9.17) is 23.8 Å². The van der Waals surface area contributed by atoms with E-state index in [-0.39, 0.29) is 30.6 Å². The third-order valence-corrected chi connectivity index (χ3v) is 7.07. The predicted molar refractivity (Wildman–Crippen MR) is 126 cm³/mol. The van der Waals surface area contributed by atoms with E-state index in [9.17, 15) is 26.4 Å². The lowest BCUT2D eigenvalue weighted by atomic mass is 10.1. The van der Waals surface area contributed by atoms with Crippen LogP contribution in [0.1, 0.15) is 24.6 Å². The second kappa shape index (κ2) is 10.1. The van der Waals surface area contributed by atoms with Crippen LogP contribution in [0, 0.1) is 0 Å².